The summed E-state index contributed by atoms with van der Waals surface area (Å²) in [5.74, 6) is 2.99. The van der Waals surface area contributed by atoms with Crippen LogP contribution in [0.15, 0.2) is 15.2 Å². The number of carbonyl (C=O) groups excluding carboxylic acids is 3. The predicted octanol–water partition coefficient (Wildman–Crippen LogP) is 10.6. The molecule has 0 amide bonds. The van der Waals surface area contributed by atoms with Crippen molar-refractivity contribution in [2.24, 2.45) is 53.1 Å². The van der Waals surface area contributed by atoms with Crippen LogP contribution in [0.4, 0.5) is 0 Å². The zero-order chi connectivity index (χ0) is 58.1. The van der Waals surface area contributed by atoms with E-state index in [0.29, 0.717) is 25.1 Å². The van der Waals surface area contributed by atoms with Gasteiger partial charge in [-0.25, -0.2) is 18.1 Å². The Morgan fingerprint density at radius 2 is 1.12 bits per heavy atom. The standard InChI is InChI=1S/2C9H16N4O.C7H13N3.C7H14O.C6H15BO.C6H15O2P.C6H14O2S/c1-7(14)6-13-8(10-11-12-13)5-9(2,3)4;1-7(14)6-13-11-8(10-12-13)5-9(2,3)4;1-7(2,3)4-6-8-5-9-10-6;1-6(8)5-7(2,3)4;1-6(2,3)5-7(4)8;2*1-6(2,3)5-9(4,7)8/h2*5-6H2,1-4H3;4-5H2,1-3H3;5H2,1-4H3;8H,5H2,1-4H3;5H2,1-4H3,(H,7,8);5H2,1-4H3. The molecule has 1 aliphatic rings. The fourth-order valence-corrected chi connectivity index (χ4v) is 9.70. The first-order chi connectivity index (χ1) is 31.6. The van der Waals surface area contributed by atoms with E-state index in [-0.39, 0.29) is 81.0 Å². The second-order valence-corrected chi connectivity index (χ2v) is 32.1. The highest BCUT2D eigenvalue weighted by Crippen LogP contribution is 2.41. The molecule has 0 aliphatic carbocycles. The maximum atomic E-state index is 10.9. The van der Waals surface area contributed by atoms with Crippen LogP contribution in [0.1, 0.15) is 191 Å². The van der Waals surface area contributed by atoms with E-state index < -0.39 is 17.2 Å². The van der Waals surface area contributed by atoms with Crippen molar-refractivity contribution in [3.8, 4) is 0 Å². The van der Waals surface area contributed by atoms with Crippen LogP contribution in [0.5, 0.6) is 0 Å². The number of hydrogen-bond donors (Lipinski definition) is 2. The Kier molecular flexibility index (Phi) is 33.5. The molecular weight excluding hydrogens is 956 g/mol. The van der Waals surface area contributed by atoms with Gasteiger partial charge in [0.2, 0.25) is 0 Å². The van der Waals surface area contributed by atoms with Gasteiger partial charge in [-0.2, -0.15) is 9.91 Å². The number of rotatable bonds is 11. The van der Waals surface area contributed by atoms with E-state index in [2.05, 4.69) is 150 Å². The highest BCUT2D eigenvalue weighted by atomic mass is 32.2. The molecule has 0 saturated heterocycles. The Labute approximate surface area is 437 Å². The summed E-state index contributed by atoms with van der Waals surface area (Å²) in [4.78, 5) is 46.5. The second-order valence-electron chi connectivity index (χ2n) is 27.5. The topological polar surface area (TPSA) is 267 Å². The zero-order valence-corrected chi connectivity index (χ0v) is 52.0. The molecule has 0 saturated carbocycles. The smallest absolute Gasteiger partial charge is 0.286 e. The molecule has 0 radical (unpaired) electrons. The van der Waals surface area contributed by atoms with Gasteiger partial charge in [0.1, 0.15) is 34.5 Å². The van der Waals surface area contributed by atoms with Crippen LogP contribution in [0.2, 0.25) is 13.1 Å². The van der Waals surface area contributed by atoms with Gasteiger partial charge in [-0.05, 0) is 80.6 Å². The third-order valence-electron chi connectivity index (χ3n) is 7.55. The molecule has 420 valence electrons. The van der Waals surface area contributed by atoms with Crippen molar-refractivity contribution in [1.29, 1.82) is 0 Å². The van der Waals surface area contributed by atoms with Crippen molar-refractivity contribution in [2.75, 3.05) is 31.5 Å². The molecule has 2 aromatic heterocycles. The largest absolute Gasteiger partial charge is 0.451 e. The second kappa shape index (κ2) is 32.1. The summed E-state index contributed by atoms with van der Waals surface area (Å²) in [5, 5.41) is 39.6. The molecule has 22 heteroatoms. The number of Topliss-reactive ketones (excluding diaryl/α,β-unsaturated/α-hetero) is 3. The number of aliphatic imine (C=N–C) groups is 1. The number of aromatic nitrogens is 8. The molecule has 1 atom stereocenters. The average Bonchev–Trinajstić information content (AvgIpc) is 3.78. The molecule has 1 aliphatic heterocycles. The van der Waals surface area contributed by atoms with E-state index in [1.807, 2.05) is 48.4 Å². The minimum Gasteiger partial charge on any atom is -0.451 e. The molecule has 0 aromatic carbocycles. The lowest BCUT2D eigenvalue weighted by Gasteiger charge is -2.19. The number of carbonyl (C=O) groups is 3. The molecule has 0 spiro atoms. The molecule has 72 heavy (non-hydrogen) atoms. The SMILES string of the molecule is CB(O)CC(C)(C)C.CC(=O)CC(C)(C)C.CC(=O)Cn1nnc(CC(C)(C)C)n1.CC(=O)Cn1nnnc1CC(C)(C)C.CC(C)(C)CC1=NCN=N1.CC(C)(C)CP(C)(=O)O.CC(C)(C)CS(C)(=O)=O. The van der Waals surface area contributed by atoms with Crippen molar-refractivity contribution < 1.29 is 37.3 Å². The van der Waals surface area contributed by atoms with Crippen LogP contribution >= 0.6 is 7.37 Å². The highest BCUT2D eigenvalue weighted by Gasteiger charge is 2.22. The molecule has 3 heterocycles. The lowest BCUT2D eigenvalue weighted by atomic mass is 9.60. The fraction of sp³-hybridized carbons (Fsp3) is 0.880. The van der Waals surface area contributed by atoms with Gasteiger partial charge >= 0.3 is 0 Å². The van der Waals surface area contributed by atoms with Crippen LogP contribution in [-0.2, 0) is 54.7 Å². The van der Waals surface area contributed by atoms with Crippen LogP contribution in [0, 0.1) is 37.9 Å². The highest BCUT2D eigenvalue weighted by molar-refractivity contribution is 7.90. The van der Waals surface area contributed by atoms with E-state index in [0.717, 1.165) is 37.2 Å². The molecule has 1 unspecified atom stereocenters. The van der Waals surface area contributed by atoms with Gasteiger partial charge in [0, 0.05) is 44.8 Å². The average molecular weight is 1060 g/mol. The maximum absolute atomic E-state index is 10.9. The summed E-state index contributed by atoms with van der Waals surface area (Å²) in [6, 6.07) is 0. The number of tetrazole rings is 2. The van der Waals surface area contributed by atoms with E-state index in [1.165, 1.54) is 31.6 Å². The predicted molar refractivity (Wildman–Crippen MR) is 297 cm³/mol. The van der Waals surface area contributed by atoms with E-state index in [1.54, 1.807) is 11.6 Å². The first-order valence-corrected chi connectivity index (χ1v) is 29.0. The Hall–Kier alpha value is -3.42. The quantitative estimate of drug-likeness (QED) is 0.157. The van der Waals surface area contributed by atoms with Crippen molar-refractivity contribution in [3.63, 3.8) is 0 Å². The van der Waals surface area contributed by atoms with Crippen molar-refractivity contribution in [3.05, 3.63) is 11.6 Å². The monoisotopic (exact) mass is 1060 g/mol. The van der Waals surface area contributed by atoms with Gasteiger partial charge in [-0.15, -0.1) is 20.4 Å². The van der Waals surface area contributed by atoms with E-state index in [4.69, 9.17) is 9.92 Å². The molecule has 0 bridgehead atoms. The Morgan fingerprint density at radius 3 is 1.38 bits per heavy atom. The zero-order valence-electron chi connectivity index (χ0n) is 50.3. The molecule has 2 aromatic rings. The van der Waals surface area contributed by atoms with Crippen molar-refractivity contribution >= 4 is 47.3 Å². The number of amidine groups is 1. The number of sulfone groups is 1. The third-order valence-corrected chi connectivity index (χ3v) is 10.5. The summed E-state index contributed by atoms with van der Waals surface area (Å²) >= 11 is 0. The van der Waals surface area contributed by atoms with Gasteiger partial charge in [0.25, 0.3) is 6.92 Å². The normalized spacial score (nSPS) is 13.7. The maximum Gasteiger partial charge on any atom is 0.286 e. The summed E-state index contributed by atoms with van der Waals surface area (Å²) in [7, 11) is -5.57. The Balaban J connectivity index is -0.000000380. The van der Waals surface area contributed by atoms with Crippen LogP contribution in [0.25, 0.3) is 0 Å². The summed E-state index contributed by atoms with van der Waals surface area (Å²) < 4.78 is 33.6. The lowest BCUT2D eigenvalue weighted by Crippen LogP contribution is -2.19. The first kappa shape index (κ1) is 75.1. The fourth-order valence-electron chi connectivity index (χ4n) is 6.37. The third kappa shape index (κ3) is 62.7. The van der Waals surface area contributed by atoms with Crippen LogP contribution in [0.3, 0.4) is 0 Å². The van der Waals surface area contributed by atoms with Gasteiger partial charge in [-0.3, -0.25) is 14.2 Å². The van der Waals surface area contributed by atoms with Crippen molar-refractivity contribution in [1.82, 2.24) is 40.4 Å². The lowest BCUT2D eigenvalue weighted by molar-refractivity contribution is -0.119. The molecule has 19 nitrogen and oxygen atoms in total. The Morgan fingerprint density at radius 1 is 0.653 bits per heavy atom. The summed E-state index contributed by atoms with van der Waals surface area (Å²) in [5.41, 5.74) is 0.863. The first-order valence-electron chi connectivity index (χ1n) is 24.6. The molecule has 0 fully saturated rings. The summed E-state index contributed by atoms with van der Waals surface area (Å²) in [6.45, 7) is 52.1. The van der Waals surface area contributed by atoms with E-state index in [9.17, 15) is 27.4 Å². The number of hydrogen-bond acceptors (Lipinski definition) is 16. The molecule has 3 rings (SSSR count). The minimum absolute atomic E-state index is 0.0287. The molecule has 2 N–H and O–H groups in total. The van der Waals surface area contributed by atoms with Gasteiger partial charge in [-0.1, -0.05) is 152 Å². The molecular formula is C50H103BN11O8PS. The van der Waals surface area contributed by atoms with Gasteiger partial charge in [0.15, 0.2) is 37.3 Å². The number of ketones is 3. The minimum atomic E-state index is -2.79. The van der Waals surface area contributed by atoms with Gasteiger partial charge in [0.05, 0.1) is 5.75 Å². The van der Waals surface area contributed by atoms with Crippen LogP contribution in [-0.4, -0.2) is 120 Å². The van der Waals surface area contributed by atoms with Gasteiger partial charge < -0.3 is 14.7 Å². The number of azo groups is 1. The van der Waals surface area contributed by atoms with E-state index >= 15 is 0 Å². The summed E-state index contributed by atoms with van der Waals surface area (Å²) in [6.07, 6.45) is 5.70. The van der Waals surface area contributed by atoms with Crippen LogP contribution < -0.4 is 0 Å². The van der Waals surface area contributed by atoms with Crippen molar-refractivity contribution in [2.45, 2.75) is 218 Å². The Bertz CT molecular complexity index is 2100. The number of nitrogens with zero attached hydrogens (tertiary/aromatic N) is 11.